The van der Waals surface area contributed by atoms with Gasteiger partial charge in [-0.25, -0.2) is 4.99 Å². The number of benzene rings is 3. The van der Waals surface area contributed by atoms with Crippen molar-refractivity contribution in [2.24, 2.45) is 10.4 Å². The molecule has 9 heteroatoms. The molecule has 0 spiro atoms. The molecular weight excluding hydrogens is 510 g/mol. The van der Waals surface area contributed by atoms with Crippen LogP contribution in [0, 0.1) is 12.3 Å². The fraction of sp³-hybridized carbons (Fsp3) is 0.214. The fourth-order valence-corrected chi connectivity index (χ4v) is 6.82. The molecule has 2 aliphatic heterocycles. The van der Waals surface area contributed by atoms with E-state index in [1.165, 1.54) is 11.3 Å². The van der Waals surface area contributed by atoms with E-state index in [9.17, 15) is 13.2 Å². The predicted molar refractivity (Wildman–Crippen MR) is 143 cm³/mol. The zero-order valence-corrected chi connectivity index (χ0v) is 22.0. The number of hydrogen-bond acceptors (Lipinski definition) is 6. The molecule has 190 valence electrons. The van der Waals surface area contributed by atoms with Crippen LogP contribution in [0.5, 0.6) is 0 Å². The minimum Gasteiger partial charge on any atom is -0.465 e. The number of para-hydroxylation sites is 1. The lowest BCUT2D eigenvalue weighted by molar-refractivity contribution is -0.154. The molecule has 0 aliphatic carbocycles. The maximum atomic E-state index is 14.1. The van der Waals surface area contributed by atoms with E-state index in [1.807, 2.05) is 37.3 Å². The maximum Gasteiger partial charge on any atom is 0.321 e. The van der Waals surface area contributed by atoms with Crippen LogP contribution in [-0.2, 0) is 26.0 Å². The number of aliphatic imine (C=N–C) groups is 1. The molecular formula is C28H26ClN3O4S. The molecule has 0 unspecified atom stereocenters. The number of sulfonamides is 1. The van der Waals surface area contributed by atoms with Crippen molar-refractivity contribution in [1.82, 2.24) is 9.42 Å². The summed E-state index contributed by atoms with van der Waals surface area (Å²) >= 11 is 6.29. The van der Waals surface area contributed by atoms with Gasteiger partial charge >= 0.3 is 5.97 Å². The summed E-state index contributed by atoms with van der Waals surface area (Å²) in [6, 6.07) is 20.3. The van der Waals surface area contributed by atoms with Gasteiger partial charge < -0.3 is 4.74 Å². The third kappa shape index (κ3) is 4.01. The van der Waals surface area contributed by atoms with Gasteiger partial charge in [-0.3, -0.25) is 9.80 Å². The van der Waals surface area contributed by atoms with Crippen LogP contribution < -0.4 is 0 Å². The molecule has 3 aromatic rings. The first-order valence-corrected chi connectivity index (χ1v) is 13.7. The van der Waals surface area contributed by atoms with Crippen molar-refractivity contribution in [2.45, 2.75) is 31.2 Å². The van der Waals surface area contributed by atoms with Crippen LogP contribution in [0.25, 0.3) is 0 Å². The summed E-state index contributed by atoms with van der Waals surface area (Å²) in [7, 11) is -4.16. The minimum absolute atomic E-state index is 0.0765. The van der Waals surface area contributed by atoms with Crippen molar-refractivity contribution in [2.75, 3.05) is 6.61 Å². The maximum absolute atomic E-state index is 14.1. The van der Waals surface area contributed by atoms with E-state index in [4.69, 9.17) is 16.3 Å². The Kier molecular flexibility index (Phi) is 6.33. The SMILES string of the molecule is C=C1N(S(=O)(=O)c2ccc(C)cc2)N2C=Nc3ccccc3[C@@H]2[C@]1(Cc1cccc(Cl)c1)C(=O)OCC. The van der Waals surface area contributed by atoms with E-state index in [0.29, 0.717) is 16.3 Å². The van der Waals surface area contributed by atoms with Gasteiger partial charge in [-0.15, -0.1) is 0 Å². The van der Waals surface area contributed by atoms with Crippen LogP contribution in [-0.4, -0.2) is 36.8 Å². The summed E-state index contributed by atoms with van der Waals surface area (Å²) in [5.74, 6) is -0.568. The highest BCUT2D eigenvalue weighted by Crippen LogP contribution is 2.58. The summed E-state index contributed by atoms with van der Waals surface area (Å²) in [4.78, 5) is 18.6. The number of ether oxygens (including phenoxy) is 1. The Morgan fingerprint density at radius 2 is 1.84 bits per heavy atom. The molecule has 7 nitrogen and oxygen atoms in total. The molecule has 0 bridgehead atoms. The van der Waals surface area contributed by atoms with Gasteiger partial charge in [0.15, 0.2) is 0 Å². The topological polar surface area (TPSA) is 79.3 Å². The Labute approximate surface area is 221 Å². The number of halogens is 1. The molecule has 3 aromatic carbocycles. The molecule has 0 saturated carbocycles. The normalized spacial score (nSPS) is 20.5. The smallest absolute Gasteiger partial charge is 0.321 e. The molecule has 2 heterocycles. The molecule has 2 aliphatic rings. The average Bonchev–Trinajstić information content (AvgIpc) is 3.14. The van der Waals surface area contributed by atoms with Gasteiger partial charge in [0.05, 0.1) is 22.9 Å². The lowest BCUT2D eigenvalue weighted by Gasteiger charge is -2.36. The van der Waals surface area contributed by atoms with Crippen molar-refractivity contribution in [3.05, 3.63) is 107 Å². The first kappa shape index (κ1) is 25.0. The monoisotopic (exact) mass is 535 g/mol. The molecule has 0 amide bonds. The van der Waals surface area contributed by atoms with E-state index >= 15 is 0 Å². The van der Waals surface area contributed by atoms with Crippen molar-refractivity contribution in [3.63, 3.8) is 0 Å². The molecule has 0 radical (unpaired) electrons. The van der Waals surface area contributed by atoms with Gasteiger partial charge in [0.2, 0.25) is 0 Å². The number of esters is 1. The fourth-order valence-electron chi connectivity index (χ4n) is 5.09. The Morgan fingerprint density at radius 1 is 1.11 bits per heavy atom. The minimum atomic E-state index is -4.16. The van der Waals surface area contributed by atoms with E-state index in [0.717, 1.165) is 15.5 Å². The largest absolute Gasteiger partial charge is 0.465 e. The zero-order valence-electron chi connectivity index (χ0n) is 20.5. The van der Waals surface area contributed by atoms with Gasteiger partial charge in [-0.1, -0.05) is 66.2 Å². The predicted octanol–water partition coefficient (Wildman–Crippen LogP) is 5.59. The number of nitrogens with zero attached hydrogens (tertiary/aromatic N) is 3. The number of hydrazine groups is 1. The van der Waals surface area contributed by atoms with Crippen molar-refractivity contribution >= 4 is 39.6 Å². The number of carbonyl (C=O) groups is 1. The highest BCUT2D eigenvalue weighted by molar-refractivity contribution is 7.89. The lowest BCUT2D eigenvalue weighted by atomic mass is 9.71. The van der Waals surface area contributed by atoms with Crippen molar-refractivity contribution in [1.29, 1.82) is 0 Å². The van der Waals surface area contributed by atoms with Gasteiger partial charge in [-0.05, 0) is 56.2 Å². The highest BCUT2D eigenvalue weighted by atomic mass is 35.5. The Bertz CT molecular complexity index is 1520. The van der Waals surface area contributed by atoms with Crippen LogP contribution in [0.2, 0.25) is 5.02 Å². The van der Waals surface area contributed by atoms with Gasteiger partial charge in [0, 0.05) is 10.6 Å². The summed E-state index contributed by atoms with van der Waals surface area (Å²) in [6.07, 6.45) is 1.57. The molecule has 2 atom stereocenters. The van der Waals surface area contributed by atoms with Gasteiger partial charge in [0.1, 0.15) is 17.8 Å². The van der Waals surface area contributed by atoms with Crippen molar-refractivity contribution in [3.8, 4) is 0 Å². The quantitative estimate of drug-likeness (QED) is 0.384. The molecule has 37 heavy (non-hydrogen) atoms. The Balaban J connectivity index is 1.76. The van der Waals surface area contributed by atoms with E-state index in [2.05, 4.69) is 11.6 Å². The zero-order chi connectivity index (χ0) is 26.4. The summed E-state index contributed by atoms with van der Waals surface area (Å²) < 4.78 is 34.9. The summed E-state index contributed by atoms with van der Waals surface area (Å²) in [5.41, 5.74) is 1.61. The number of rotatable bonds is 6. The Hall–Kier alpha value is -3.62. The third-order valence-electron chi connectivity index (χ3n) is 6.79. The van der Waals surface area contributed by atoms with Crippen LogP contribution in [0.3, 0.4) is 0 Å². The molecule has 5 rings (SSSR count). The van der Waals surface area contributed by atoms with E-state index in [1.54, 1.807) is 49.4 Å². The van der Waals surface area contributed by atoms with Crippen LogP contribution in [0.1, 0.15) is 29.7 Å². The van der Waals surface area contributed by atoms with Crippen LogP contribution >= 0.6 is 11.6 Å². The van der Waals surface area contributed by atoms with Gasteiger partial charge in [0.25, 0.3) is 10.0 Å². The van der Waals surface area contributed by atoms with E-state index in [-0.39, 0.29) is 23.6 Å². The van der Waals surface area contributed by atoms with Gasteiger partial charge in [-0.2, -0.15) is 12.8 Å². The summed E-state index contributed by atoms with van der Waals surface area (Å²) in [5, 5.41) is 1.99. The second kappa shape index (κ2) is 9.36. The molecule has 1 fully saturated rings. The molecule has 1 saturated heterocycles. The van der Waals surface area contributed by atoms with E-state index < -0.39 is 27.4 Å². The second-order valence-electron chi connectivity index (χ2n) is 9.09. The van der Waals surface area contributed by atoms with Crippen molar-refractivity contribution < 1.29 is 17.9 Å². The highest BCUT2D eigenvalue weighted by Gasteiger charge is 2.64. The molecule has 0 N–H and O–H groups in total. The average molecular weight is 536 g/mol. The number of carbonyl (C=O) groups excluding carboxylic acids is 1. The summed E-state index contributed by atoms with van der Waals surface area (Å²) in [6.45, 7) is 7.95. The molecule has 0 aromatic heterocycles. The number of aryl methyl sites for hydroxylation is 1. The van der Waals surface area contributed by atoms with Crippen LogP contribution in [0.4, 0.5) is 5.69 Å². The first-order chi connectivity index (χ1) is 17.7. The number of fused-ring (bicyclic) bond motifs is 3. The third-order valence-corrected chi connectivity index (χ3v) is 8.76. The lowest BCUT2D eigenvalue weighted by Crippen LogP contribution is -2.43. The standard InChI is InChI=1S/C28H26ClN3O4S/c1-4-36-27(33)28(17-21-8-7-9-22(29)16-21)20(3)32(37(34,35)23-14-12-19(2)13-15-23)31-18-30-25-11-6-5-10-24(25)26(28)31/h5-16,18,26H,3-4,17H2,1-2H3/t26-,28-/m1/s1. The number of hydrogen-bond donors (Lipinski definition) is 0. The Morgan fingerprint density at radius 3 is 2.54 bits per heavy atom. The second-order valence-corrected chi connectivity index (χ2v) is 11.3. The first-order valence-electron chi connectivity index (χ1n) is 11.8. The van der Waals surface area contributed by atoms with Crippen LogP contribution in [0.15, 0.2) is 95.0 Å².